The van der Waals surface area contributed by atoms with Gasteiger partial charge in [0, 0.05) is 4.88 Å². The Morgan fingerprint density at radius 2 is 2.27 bits per heavy atom. The van der Waals surface area contributed by atoms with E-state index in [2.05, 4.69) is 0 Å². The molecule has 0 aromatic carbocycles. The Kier molecular flexibility index (Phi) is 2.73. The maximum Gasteiger partial charge on any atom is 0.348 e. The van der Waals surface area contributed by atoms with Crippen molar-refractivity contribution in [2.24, 2.45) is 5.73 Å². The minimum Gasteiger partial charge on any atom is -0.451 e. The van der Waals surface area contributed by atoms with Gasteiger partial charge in [0.05, 0.1) is 0 Å². The fourth-order valence-corrected chi connectivity index (χ4v) is 2.78. The quantitative estimate of drug-likeness (QED) is 0.776. The first kappa shape index (κ1) is 10.2. The third-order valence-corrected chi connectivity index (χ3v) is 3.51. The molecule has 0 saturated carbocycles. The molecule has 0 atom stereocenters. The Balaban J connectivity index is 2.03. The highest BCUT2D eigenvalue weighted by molar-refractivity contribution is 7.14. The molecule has 0 saturated heterocycles. The van der Waals surface area contributed by atoms with Gasteiger partial charge in [-0.15, -0.1) is 11.3 Å². The molecule has 15 heavy (non-hydrogen) atoms. The van der Waals surface area contributed by atoms with Gasteiger partial charge in [-0.3, -0.25) is 4.79 Å². The number of nitrogens with two attached hydrogens (primary N) is 1. The number of rotatable bonds is 3. The van der Waals surface area contributed by atoms with E-state index in [1.54, 1.807) is 0 Å². The summed E-state index contributed by atoms with van der Waals surface area (Å²) < 4.78 is 4.72. The summed E-state index contributed by atoms with van der Waals surface area (Å²) in [6.45, 7) is -0.346. The maximum atomic E-state index is 11.4. The summed E-state index contributed by atoms with van der Waals surface area (Å²) in [4.78, 5) is 23.7. The van der Waals surface area contributed by atoms with Crippen molar-refractivity contribution in [3.63, 3.8) is 0 Å². The third-order valence-electron chi connectivity index (χ3n) is 2.29. The lowest BCUT2D eigenvalue weighted by Crippen LogP contribution is -2.20. The molecular weight excluding hydrogens is 214 g/mol. The number of fused-ring (bicyclic) bond motifs is 1. The Labute approximate surface area is 91.0 Å². The first-order valence-corrected chi connectivity index (χ1v) is 5.55. The van der Waals surface area contributed by atoms with Crippen LogP contribution >= 0.6 is 11.3 Å². The predicted molar refractivity (Wildman–Crippen MR) is 55.8 cm³/mol. The molecule has 1 aliphatic carbocycles. The molecule has 1 aliphatic rings. The summed E-state index contributed by atoms with van der Waals surface area (Å²) >= 11 is 1.46. The van der Waals surface area contributed by atoms with Crippen molar-refractivity contribution in [2.45, 2.75) is 19.3 Å². The topological polar surface area (TPSA) is 69.4 Å². The van der Waals surface area contributed by atoms with Gasteiger partial charge in [-0.25, -0.2) is 4.79 Å². The molecule has 4 nitrogen and oxygen atoms in total. The molecule has 0 bridgehead atoms. The molecule has 0 radical (unpaired) electrons. The number of hydrogen-bond acceptors (Lipinski definition) is 4. The first-order chi connectivity index (χ1) is 7.16. The standard InChI is InChI=1S/C10H11NO3S/c11-9(12)5-14-10(13)8-4-6-2-1-3-7(6)15-8/h4H,1-3,5H2,(H2,11,12). The van der Waals surface area contributed by atoms with Gasteiger partial charge >= 0.3 is 5.97 Å². The molecule has 1 amide bonds. The van der Waals surface area contributed by atoms with E-state index in [9.17, 15) is 9.59 Å². The SMILES string of the molecule is NC(=O)COC(=O)c1cc2c(s1)CCC2. The molecule has 1 heterocycles. The van der Waals surface area contributed by atoms with Crippen molar-refractivity contribution in [1.29, 1.82) is 0 Å². The lowest BCUT2D eigenvalue weighted by Gasteiger charge is -1.98. The van der Waals surface area contributed by atoms with Crippen LogP contribution in [0.15, 0.2) is 6.07 Å². The average molecular weight is 225 g/mol. The Morgan fingerprint density at radius 3 is 2.93 bits per heavy atom. The van der Waals surface area contributed by atoms with Crippen LogP contribution in [-0.2, 0) is 22.4 Å². The normalized spacial score (nSPS) is 13.6. The summed E-state index contributed by atoms with van der Waals surface area (Å²) in [5.41, 5.74) is 6.12. The van der Waals surface area contributed by atoms with E-state index in [0.717, 1.165) is 19.3 Å². The van der Waals surface area contributed by atoms with Gasteiger partial charge in [0.2, 0.25) is 0 Å². The van der Waals surface area contributed by atoms with Gasteiger partial charge in [-0.1, -0.05) is 0 Å². The molecule has 2 N–H and O–H groups in total. The third kappa shape index (κ3) is 2.18. The van der Waals surface area contributed by atoms with E-state index in [1.165, 1.54) is 21.8 Å². The Hall–Kier alpha value is -1.36. The highest BCUT2D eigenvalue weighted by Gasteiger charge is 2.19. The summed E-state index contributed by atoms with van der Waals surface area (Å²) in [5.74, 6) is -1.08. The van der Waals surface area contributed by atoms with Gasteiger partial charge in [0.15, 0.2) is 6.61 Å². The van der Waals surface area contributed by atoms with Crippen LogP contribution in [0.4, 0.5) is 0 Å². The monoisotopic (exact) mass is 225 g/mol. The van der Waals surface area contributed by atoms with E-state index in [4.69, 9.17) is 10.5 Å². The largest absolute Gasteiger partial charge is 0.451 e. The van der Waals surface area contributed by atoms with Gasteiger partial charge in [-0.2, -0.15) is 0 Å². The zero-order valence-electron chi connectivity index (χ0n) is 8.12. The molecule has 0 fully saturated rings. The van der Waals surface area contributed by atoms with Crippen LogP contribution < -0.4 is 5.73 Å². The number of esters is 1. The van der Waals surface area contributed by atoms with Gasteiger partial charge in [0.1, 0.15) is 4.88 Å². The van der Waals surface area contributed by atoms with Gasteiger partial charge in [-0.05, 0) is 30.9 Å². The highest BCUT2D eigenvalue weighted by atomic mass is 32.1. The summed E-state index contributed by atoms with van der Waals surface area (Å²) in [6.07, 6.45) is 3.25. The van der Waals surface area contributed by atoms with Crippen LogP contribution in [0.1, 0.15) is 26.5 Å². The summed E-state index contributed by atoms with van der Waals surface area (Å²) in [7, 11) is 0. The zero-order chi connectivity index (χ0) is 10.8. The number of thiophene rings is 1. The number of ether oxygens (including phenoxy) is 1. The minimum atomic E-state index is -0.632. The Bertz CT molecular complexity index is 389. The second kappa shape index (κ2) is 4.02. The molecule has 1 aromatic heterocycles. The van der Waals surface area contributed by atoms with E-state index < -0.39 is 11.9 Å². The minimum absolute atomic E-state index is 0.346. The molecule has 0 unspecified atom stereocenters. The van der Waals surface area contributed by atoms with Crippen LogP contribution in [-0.4, -0.2) is 18.5 Å². The van der Waals surface area contributed by atoms with Gasteiger partial charge in [0.25, 0.3) is 5.91 Å². The lowest BCUT2D eigenvalue weighted by molar-refractivity contribution is -0.121. The molecule has 1 aromatic rings. The zero-order valence-corrected chi connectivity index (χ0v) is 8.93. The van der Waals surface area contributed by atoms with Crippen molar-refractivity contribution < 1.29 is 14.3 Å². The maximum absolute atomic E-state index is 11.4. The van der Waals surface area contributed by atoms with Crippen LogP contribution in [0, 0.1) is 0 Å². The number of hydrogen-bond donors (Lipinski definition) is 1. The molecular formula is C10H11NO3S. The molecule has 0 spiro atoms. The van der Waals surface area contributed by atoms with E-state index in [0.29, 0.717) is 4.88 Å². The lowest BCUT2D eigenvalue weighted by atomic mass is 10.2. The highest BCUT2D eigenvalue weighted by Crippen LogP contribution is 2.30. The molecule has 5 heteroatoms. The molecule has 0 aliphatic heterocycles. The van der Waals surface area contributed by atoms with E-state index >= 15 is 0 Å². The summed E-state index contributed by atoms with van der Waals surface area (Å²) in [5, 5.41) is 0. The fraction of sp³-hybridized carbons (Fsp3) is 0.400. The van der Waals surface area contributed by atoms with Crippen LogP contribution in [0.3, 0.4) is 0 Å². The number of primary amides is 1. The van der Waals surface area contributed by atoms with Crippen LogP contribution in [0.25, 0.3) is 0 Å². The smallest absolute Gasteiger partial charge is 0.348 e. The second-order valence-electron chi connectivity index (χ2n) is 3.46. The van der Waals surface area contributed by atoms with Crippen LogP contribution in [0.2, 0.25) is 0 Å². The fourth-order valence-electron chi connectivity index (χ4n) is 1.64. The van der Waals surface area contributed by atoms with Crippen molar-refractivity contribution >= 4 is 23.2 Å². The van der Waals surface area contributed by atoms with E-state index in [-0.39, 0.29) is 6.61 Å². The average Bonchev–Trinajstić information content (AvgIpc) is 2.72. The van der Waals surface area contributed by atoms with Crippen molar-refractivity contribution in [3.05, 3.63) is 21.4 Å². The molecule has 80 valence electrons. The first-order valence-electron chi connectivity index (χ1n) is 4.74. The van der Waals surface area contributed by atoms with E-state index in [1.807, 2.05) is 6.07 Å². The predicted octanol–water partition coefficient (Wildman–Crippen LogP) is 0.879. The second-order valence-corrected chi connectivity index (χ2v) is 4.59. The number of aryl methyl sites for hydroxylation is 2. The van der Waals surface area contributed by atoms with Gasteiger partial charge < -0.3 is 10.5 Å². The Morgan fingerprint density at radius 1 is 1.47 bits per heavy atom. The van der Waals surface area contributed by atoms with Crippen molar-refractivity contribution in [1.82, 2.24) is 0 Å². The molecule has 2 rings (SSSR count). The number of amides is 1. The van der Waals surface area contributed by atoms with Crippen LogP contribution in [0.5, 0.6) is 0 Å². The number of carbonyl (C=O) groups is 2. The summed E-state index contributed by atoms with van der Waals surface area (Å²) in [6, 6.07) is 1.86. The number of carbonyl (C=O) groups excluding carboxylic acids is 2. The van der Waals surface area contributed by atoms with Crippen molar-refractivity contribution in [3.8, 4) is 0 Å². The van der Waals surface area contributed by atoms with Crippen molar-refractivity contribution in [2.75, 3.05) is 6.61 Å².